The minimum atomic E-state index is 0. The van der Waals surface area contributed by atoms with E-state index in [0.717, 1.165) is 17.8 Å². The first-order valence-corrected chi connectivity index (χ1v) is 4.86. The van der Waals surface area contributed by atoms with Gasteiger partial charge in [0.15, 0.2) is 0 Å². The summed E-state index contributed by atoms with van der Waals surface area (Å²) in [4.78, 5) is 0. The van der Waals surface area contributed by atoms with E-state index in [1.807, 2.05) is 0 Å². The Hall–Kier alpha value is 0. The van der Waals surface area contributed by atoms with Crippen LogP contribution < -0.4 is 0 Å². The van der Waals surface area contributed by atoms with Crippen molar-refractivity contribution in [2.75, 3.05) is 0 Å². The van der Waals surface area contributed by atoms with E-state index >= 15 is 0 Å². The molecule has 3 atom stereocenters. The van der Waals surface area contributed by atoms with E-state index < -0.39 is 0 Å². The molecule has 0 radical (unpaired) electrons. The van der Waals surface area contributed by atoms with Crippen molar-refractivity contribution >= 4 is 0 Å². The molecule has 0 aromatic rings. The Labute approximate surface area is 71.4 Å². The Kier molecular flexibility index (Phi) is 2.98. The molecule has 2 bridgehead atoms. The lowest BCUT2D eigenvalue weighted by Crippen LogP contribution is -2.26. The molecule has 2 aliphatic carbocycles. The van der Waals surface area contributed by atoms with E-state index in [0.29, 0.717) is 0 Å². The molecular formula is C11H22. The average molecular weight is 154 g/mol. The van der Waals surface area contributed by atoms with Gasteiger partial charge in [0.1, 0.15) is 0 Å². The maximum absolute atomic E-state index is 2.45. The summed E-state index contributed by atoms with van der Waals surface area (Å²) >= 11 is 0. The average Bonchev–Trinajstić information content (AvgIpc) is 1.99. The second-order valence-corrected chi connectivity index (χ2v) is 4.35. The van der Waals surface area contributed by atoms with Crippen LogP contribution in [0, 0.1) is 17.8 Å². The van der Waals surface area contributed by atoms with Crippen LogP contribution in [0.25, 0.3) is 0 Å². The third-order valence-corrected chi connectivity index (χ3v) is 3.66. The van der Waals surface area contributed by atoms with Crippen LogP contribution in [0.2, 0.25) is 0 Å². The van der Waals surface area contributed by atoms with Gasteiger partial charge < -0.3 is 0 Å². The molecule has 0 heterocycles. The molecule has 0 heteroatoms. The Balaban J connectivity index is 0.000000605. The molecule has 66 valence electrons. The standard InChI is InChI=1S/C10H18.CH4/c1-8-5-6-9-3-2-4-10(8)7-9;/h8-10H,2-7H2,1H3;1H4/t8-,9?,10?;/m0./s1. The quantitative estimate of drug-likeness (QED) is 0.497. The van der Waals surface area contributed by atoms with Crippen molar-refractivity contribution in [2.45, 2.75) is 52.9 Å². The highest BCUT2D eigenvalue weighted by atomic mass is 14.4. The van der Waals surface area contributed by atoms with Crippen LogP contribution in [-0.4, -0.2) is 0 Å². The third kappa shape index (κ3) is 1.77. The molecule has 0 aromatic heterocycles. The molecule has 2 saturated carbocycles. The topological polar surface area (TPSA) is 0 Å². The van der Waals surface area contributed by atoms with Crippen molar-refractivity contribution in [3.05, 3.63) is 0 Å². The zero-order chi connectivity index (χ0) is 6.97. The Morgan fingerprint density at radius 2 is 1.82 bits per heavy atom. The largest absolute Gasteiger partial charge is 0.0776 e. The maximum atomic E-state index is 2.45. The lowest BCUT2D eigenvalue weighted by Gasteiger charge is -2.38. The Morgan fingerprint density at radius 3 is 2.55 bits per heavy atom. The first-order chi connectivity index (χ1) is 4.86. The van der Waals surface area contributed by atoms with Gasteiger partial charge in [-0.25, -0.2) is 0 Å². The highest BCUT2D eigenvalue weighted by Gasteiger charge is 2.30. The van der Waals surface area contributed by atoms with Crippen molar-refractivity contribution in [3.8, 4) is 0 Å². The molecule has 0 amide bonds. The second-order valence-electron chi connectivity index (χ2n) is 4.35. The smallest absolute Gasteiger partial charge is 0.0386 e. The van der Waals surface area contributed by atoms with Gasteiger partial charge in [0, 0.05) is 0 Å². The Bertz CT molecular complexity index is 115. The van der Waals surface area contributed by atoms with Crippen molar-refractivity contribution in [2.24, 2.45) is 17.8 Å². The first kappa shape index (κ1) is 9.09. The summed E-state index contributed by atoms with van der Waals surface area (Å²) in [5.41, 5.74) is 0. The number of rotatable bonds is 0. The summed E-state index contributed by atoms with van der Waals surface area (Å²) in [5, 5.41) is 0. The fraction of sp³-hybridized carbons (Fsp3) is 1.00. The summed E-state index contributed by atoms with van der Waals surface area (Å²) in [6.45, 7) is 2.45. The van der Waals surface area contributed by atoms with Crippen LogP contribution in [0.5, 0.6) is 0 Å². The third-order valence-electron chi connectivity index (χ3n) is 3.66. The van der Waals surface area contributed by atoms with Crippen LogP contribution in [-0.2, 0) is 0 Å². The molecule has 2 unspecified atom stereocenters. The van der Waals surface area contributed by atoms with Gasteiger partial charge in [0.05, 0.1) is 0 Å². The predicted octanol–water partition coefficient (Wildman–Crippen LogP) is 3.86. The van der Waals surface area contributed by atoms with Crippen LogP contribution in [0.1, 0.15) is 52.9 Å². The molecule has 0 aliphatic heterocycles. The maximum Gasteiger partial charge on any atom is -0.0386 e. The zero-order valence-corrected chi connectivity index (χ0v) is 6.97. The van der Waals surface area contributed by atoms with Gasteiger partial charge in [-0.15, -0.1) is 0 Å². The SMILES string of the molecule is C.C[C@H]1CCC2CCCC1C2. The Morgan fingerprint density at radius 1 is 1.00 bits per heavy atom. The molecular weight excluding hydrogens is 132 g/mol. The van der Waals surface area contributed by atoms with E-state index in [1.54, 1.807) is 12.8 Å². The number of hydrogen-bond acceptors (Lipinski definition) is 0. The summed E-state index contributed by atoms with van der Waals surface area (Å²) in [6.07, 6.45) is 9.24. The molecule has 2 fully saturated rings. The van der Waals surface area contributed by atoms with Gasteiger partial charge in [0.2, 0.25) is 0 Å². The van der Waals surface area contributed by atoms with Gasteiger partial charge in [-0.1, -0.05) is 46.5 Å². The highest BCUT2D eigenvalue weighted by Crippen LogP contribution is 2.42. The van der Waals surface area contributed by atoms with Gasteiger partial charge in [-0.2, -0.15) is 0 Å². The highest BCUT2D eigenvalue weighted by molar-refractivity contribution is 4.81. The molecule has 11 heavy (non-hydrogen) atoms. The zero-order valence-electron chi connectivity index (χ0n) is 6.97. The van der Waals surface area contributed by atoms with Gasteiger partial charge >= 0.3 is 0 Å². The van der Waals surface area contributed by atoms with E-state index in [1.165, 1.54) is 25.7 Å². The molecule has 0 saturated heterocycles. The summed E-state index contributed by atoms with van der Waals surface area (Å²) in [7, 11) is 0. The van der Waals surface area contributed by atoms with Crippen molar-refractivity contribution in [1.29, 1.82) is 0 Å². The van der Waals surface area contributed by atoms with Crippen LogP contribution in [0.4, 0.5) is 0 Å². The minimum Gasteiger partial charge on any atom is -0.0776 e. The van der Waals surface area contributed by atoms with E-state index in [2.05, 4.69) is 6.92 Å². The van der Waals surface area contributed by atoms with Crippen LogP contribution in [0.3, 0.4) is 0 Å². The van der Waals surface area contributed by atoms with Crippen LogP contribution >= 0.6 is 0 Å². The predicted molar refractivity (Wildman–Crippen MR) is 50.6 cm³/mol. The van der Waals surface area contributed by atoms with Crippen LogP contribution in [0.15, 0.2) is 0 Å². The lowest BCUT2D eigenvalue weighted by molar-refractivity contribution is 0.133. The first-order valence-electron chi connectivity index (χ1n) is 4.86. The summed E-state index contributed by atoms with van der Waals surface area (Å²) < 4.78 is 0. The lowest BCUT2D eigenvalue weighted by atomic mass is 9.67. The van der Waals surface area contributed by atoms with E-state index in [9.17, 15) is 0 Å². The molecule has 2 aliphatic rings. The van der Waals surface area contributed by atoms with E-state index in [-0.39, 0.29) is 7.43 Å². The summed E-state index contributed by atoms with van der Waals surface area (Å²) in [6, 6.07) is 0. The normalized spacial score (nSPS) is 42.8. The minimum absolute atomic E-state index is 0. The fourth-order valence-electron chi connectivity index (χ4n) is 2.85. The fourth-order valence-corrected chi connectivity index (χ4v) is 2.85. The van der Waals surface area contributed by atoms with Crippen molar-refractivity contribution in [1.82, 2.24) is 0 Å². The molecule has 0 spiro atoms. The second kappa shape index (κ2) is 3.60. The van der Waals surface area contributed by atoms with Crippen molar-refractivity contribution in [3.63, 3.8) is 0 Å². The van der Waals surface area contributed by atoms with Crippen molar-refractivity contribution < 1.29 is 0 Å². The number of hydrogen-bond donors (Lipinski definition) is 0. The van der Waals surface area contributed by atoms with Gasteiger partial charge in [-0.3, -0.25) is 0 Å². The molecule has 0 nitrogen and oxygen atoms in total. The monoisotopic (exact) mass is 154 g/mol. The molecule has 0 N–H and O–H groups in total. The van der Waals surface area contributed by atoms with Gasteiger partial charge in [0.25, 0.3) is 0 Å². The summed E-state index contributed by atoms with van der Waals surface area (Å²) in [5.74, 6) is 3.30. The van der Waals surface area contributed by atoms with Gasteiger partial charge in [-0.05, 0) is 24.2 Å². The molecule has 2 rings (SSSR count). The van der Waals surface area contributed by atoms with E-state index in [4.69, 9.17) is 0 Å². The molecule has 0 aromatic carbocycles. The number of fused-ring (bicyclic) bond motifs is 2.